The second-order valence-electron chi connectivity index (χ2n) is 3.92. The van der Waals surface area contributed by atoms with E-state index in [0.29, 0.717) is 5.56 Å². The Labute approximate surface area is 114 Å². The van der Waals surface area contributed by atoms with Crippen LogP contribution in [0.25, 0.3) is 11.4 Å². The SMILES string of the molecule is CCn1c(-c2cccc(C)c2F)nnc1S(=O)(=O)Cl. The number of halogens is 2. The first-order chi connectivity index (χ1) is 8.86. The quantitative estimate of drug-likeness (QED) is 0.816. The van der Waals surface area contributed by atoms with Gasteiger partial charge in [-0.2, -0.15) is 0 Å². The van der Waals surface area contributed by atoms with Crippen molar-refractivity contribution in [3.8, 4) is 11.4 Å². The minimum atomic E-state index is -4.02. The fourth-order valence-electron chi connectivity index (χ4n) is 1.77. The van der Waals surface area contributed by atoms with Gasteiger partial charge in [-0.15, -0.1) is 10.2 Å². The summed E-state index contributed by atoms with van der Waals surface area (Å²) in [6.45, 7) is 3.58. The average molecular weight is 304 g/mol. The van der Waals surface area contributed by atoms with E-state index in [-0.39, 0.29) is 23.1 Å². The van der Waals surface area contributed by atoms with E-state index in [1.165, 1.54) is 10.6 Å². The molecule has 1 aromatic heterocycles. The van der Waals surface area contributed by atoms with Crippen molar-refractivity contribution in [2.75, 3.05) is 0 Å². The molecule has 0 fully saturated rings. The highest BCUT2D eigenvalue weighted by atomic mass is 35.7. The third-order valence-corrected chi connectivity index (χ3v) is 3.84. The van der Waals surface area contributed by atoms with Crippen LogP contribution in [-0.4, -0.2) is 23.2 Å². The number of nitrogens with zero attached hydrogens (tertiary/aromatic N) is 3. The van der Waals surface area contributed by atoms with Crippen LogP contribution in [0.15, 0.2) is 23.4 Å². The first kappa shape index (κ1) is 14.0. The molecule has 2 rings (SSSR count). The Morgan fingerprint density at radius 1 is 1.37 bits per heavy atom. The molecule has 0 spiro atoms. The minimum Gasteiger partial charge on any atom is -0.297 e. The van der Waals surface area contributed by atoms with Gasteiger partial charge in [0.05, 0.1) is 5.56 Å². The normalized spacial score (nSPS) is 11.8. The Morgan fingerprint density at radius 2 is 2.05 bits per heavy atom. The molecule has 0 aliphatic heterocycles. The Morgan fingerprint density at radius 3 is 2.63 bits per heavy atom. The summed E-state index contributed by atoms with van der Waals surface area (Å²) < 4.78 is 38.0. The van der Waals surface area contributed by atoms with E-state index in [1.807, 2.05) is 0 Å². The Balaban J connectivity index is 2.71. The van der Waals surface area contributed by atoms with Gasteiger partial charge in [-0.05, 0) is 25.5 Å². The van der Waals surface area contributed by atoms with Gasteiger partial charge < -0.3 is 0 Å². The number of aryl methyl sites for hydroxylation is 1. The summed E-state index contributed by atoms with van der Waals surface area (Å²) in [7, 11) is 1.25. The van der Waals surface area contributed by atoms with Gasteiger partial charge >= 0.3 is 0 Å². The molecule has 0 N–H and O–H groups in total. The second-order valence-corrected chi connectivity index (χ2v) is 6.38. The van der Waals surface area contributed by atoms with Crippen LogP contribution < -0.4 is 0 Å². The summed E-state index contributed by atoms with van der Waals surface area (Å²) >= 11 is 0. The molecule has 0 unspecified atom stereocenters. The van der Waals surface area contributed by atoms with Crippen molar-refractivity contribution < 1.29 is 12.8 Å². The molecule has 0 bridgehead atoms. The highest BCUT2D eigenvalue weighted by Gasteiger charge is 2.24. The summed E-state index contributed by atoms with van der Waals surface area (Å²) in [4.78, 5) is 0. The first-order valence-electron chi connectivity index (χ1n) is 5.49. The molecule has 0 saturated carbocycles. The van der Waals surface area contributed by atoms with Crippen LogP contribution in [0.2, 0.25) is 0 Å². The predicted octanol–water partition coefficient (Wildman–Crippen LogP) is 2.34. The molecule has 0 amide bonds. The van der Waals surface area contributed by atoms with Crippen LogP contribution in [-0.2, 0) is 15.6 Å². The zero-order valence-corrected chi connectivity index (χ0v) is 11.8. The molecule has 1 heterocycles. The van der Waals surface area contributed by atoms with Gasteiger partial charge in [-0.3, -0.25) is 4.57 Å². The third kappa shape index (κ3) is 2.48. The maximum Gasteiger partial charge on any atom is 0.296 e. The number of hydrogen-bond donors (Lipinski definition) is 0. The van der Waals surface area contributed by atoms with Crippen LogP contribution >= 0.6 is 10.7 Å². The predicted molar refractivity (Wildman–Crippen MR) is 68.9 cm³/mol. The standard InChI is InChI=1S/C11H11ClFN3O2S/c1-3-16-10(14-15-11(16)19(12,17)18)8-6-4-5-7(2)9(8)13/h4-6H,3H2,1-2H3. The van der Waals surface area contributed by atoms with Crippen molar-refractivity contribution in [1.29, 1.82) is 0 Å². The van der Waals surface area contributed by atoms with Gasteiger partial charge in [0.2, 0.25) is 0 Å². The number of benzene rings is 1. The van der Waals surface area contributed by atoms with Gasteiger partial charge in [-0.1, -0.05) is 12.1 Å². The van der Waals surface area contributed by atoms with Gasteiger partial charge in [-0.25, -0.2) is 12.8 Å². The summed E-state index contributed by atoms with van der Waals surface area (Å²) in [5.74, 6) is -0.314. The second kappa shape index (κ2) is 4.90. The van der Waals surface area contributed by atoms with Crippen molar-refractivity contribution in [2.45, 2.75) is 25.5 Å². The van der Waals surface area contributed by atoms with Crippen molar-refractivity contribution in [2.24, 2.45) is 0 Å². The van der Waals surface area contributed by atoms with E-state index in [1.54, 1.807) is 26.0 Å². The lowest BCUT2D eigenvalue weighted by molar-refractivity contribution is 0.581. The van der Waals surface area contributed by atoms with E-state index >= 15 is 0 Å². The highest BCUT2D eigenvalue weighted by Crippen LogP contribution is 2.26. The minimum absolute atomic E-state index is 0.142. The highest BCUT2D eigenvalue weighted by molar-refractivity contribution is 8.13. The van der Waals surface area contributed by atoms with Crippen LogP contribution in [0, 0.1) is 12.7 Å². The van der Waals surface area contributed by atoms with E-state index in [0.717, 1.165) is 0 Å². The fraction of sp³-hybridized carbons (Fsp3) is 0.273. The zero-order valence-electron chi connectivity index (χ0n) is 10.3. The molecule has 0 atom stereocenters. The molecular weight excluding hydrogens is 293 g/mol. The van der Waals surface area contributed by atoms with Gasteiger partial charge in [0, 0.05) is 17.2 Å². The number of rotatable bonds is 3. The Hall–Kier alpha value is -1.47. The van der Waals surface area contributed by atoms with Gasteiger partial charge in [0.25, 0.3) is 14.2 Å². The van der Waals surface area contributed by atoms with Gasteiger partial charge in [0.15, 0.2) is 5.82 Å². The van der Waals surface area contributed by atoms with E-state index in [2.05, 4.69) is 10.2 Å². The molecule has 8 heteroatoms. The van der Waals surface area contributed by atoms with Crippen LogP contribution in [0.5, 0.6) is 0 Å². The topological polar surface area (TPSA) is 64.8 Å². The molecule has 102 valence electrons. The van der Waals surface area contributed by atoms with Gasteiger partial charge in [0.1, 0.15) is 5.82 Å². The number of aromatic nitrogens is 3. The van der Waals surface area contributed by atoms with Crippen LogP contribution in [0.1, 0.15) is 12.5 Å². The molecule has 5 nitrogen and oxygen atoms in total. The largest absolute Gasteiger partial charge is 0.297 e. The van der Waals surface area contributed by atoms with Crippen molar-refractivity contribution >= 4 is 19.7 Å². The number of hydrogen-bond acceptors (Lipinski definition) is 4. The van der Waals surface area contributed by atoms with Crippen molar-refractivity contribution in [3.63, 3.8) is 0 Å². The Bertz CT molecular complexity index is 728. The smallest absolute Gasteiger partial charge is 0.296 e. The first-order valence-corrected chi connectivity index (χ1v) is 7.80. The lowest BCUT2D eigenvalue weighted by atomic mass is 10.1. The molecule has 1 aromatic carbocycles. The summed E-state index contributed by atoms with van der Waals surface area (Å²) in [6.07, 6.45) is 0. The van der Waals surface area contributed by atoms with E-state index < -0.39 is 14.9 Å². The molecule has 2 aromatic rings. The molecular formula is C11H11ClFN3O2S. The van der Waals surface area contributed by atoms with E-state index in [4.69, 9.17) is 10.7 Å². The third-order valence-electron chi connectivity index (χ3n) is 2.68. The zero-order chi connectivity index (χ0) is 14.2. The summed E-state index contributed by atoms with van der Waals surface area (Å²) in [5.41, 5.74) is 0.638. The molecule has 0 aliphatic carbocycles. The monoisotopic (exact) mass is 303 g/mol. The van der Waals surface area contributed by atoms with Crippen LogP contribution in [0.4, 0.5) is 4.39 Å². The Kier molecular flexibility index (Phi) is 3.60. The fourth-order valence-corrected chi connectivity index (χ4v) is 2.73. The maximum absolute atomic E-state index is 14.0. The maximum atomic E-state index is 14.0. The van der Waals surface area contributed by atoms with Crippen molar-refractivity contribution in [3.05, 3.63) is 29.6 Å². The molecule has 0 radical (unpaired) electrons. The molecule has 19 heavy (non-hydrogen) atoms. The summed E-state index contributed by atoms with van der Waals surface area (Å²) in [6, 6.07) is 4.80. The lowest BCUT2D eigenvalue weighted by Gasteiger charge is -2.07. The average Bonchev–Trinajstić information content (AvgIpc) is 2.76. The lowest BCUT2D eigenvalue weighted by Crippen LogP contribution is -2.07. The van der Waals surface area contributed by atoms with Crippen molar-refractivity contribution in [1.82, 2.24) is 14.8 Å². The molecule has 0 saturated heterocycles. The summed E-state index contributed by atoms with van der Waals surface area (Å²) in [5, 5.41) is 6.88. The van der Waals surface area contributed by atoms with Crippen LogP contribution in [0.3, 0.4) is 0 Å². The van der Waals surface area contributed by atoms with E-state index in [9.17, 15) is 12.8 Å². The molecule has 0 aliphatic rings.